The normalized spacial score (nSPS) is 12.4. The number of aliphatic hydroxyl groups excluding tert-OH is 1. The lowest BCUT2D eigenvalue weighted by Gasteiger charge is -2.17. The molecule has 3 heteroatoms. The minimum Gasteiger partial charge on any atom is -0.396 e. The average Bonchev–Trinajstić information content (AvgIpc) is 2.73. The van der Waals surface area contributed by atoms with Crippen LogP contribution in [0.15, 0.2) is 0 Å². The van der Waals surface area contributed by atoms with Crippen LogP contribution in [0.5, 0.6) is 0 Å². The van der Waals surface area contributed by atoms with Crippen LogP contribution in [0.25, 0.3) is 0 Å². The molecule has 1 N–H and O–H groups in total. The Bertz CT molecular complexity index is 330. The van der Waals surface area contributed by atoms with Gasteiger partial charge in [0.05, 0.1) is 6.10 Å². The standard InChI is InChI=1S/C26H52O3/c1-3-5-7-9-11-13-17-24-29-26(22-18-23-27)21-16-15-20-25(28)19-14-12-10-8-6-4-2/h26-27H,3-24H2,1-2H3. The van der Waals surface area contributed by atoms with E-state index in [-0.39, 0.29) is 12.7 Å². The molecule has 1 unspecified atom stereocenters. The van der Waals surface area contributed by atoms with Crippen LogP contribution in [-0.2, 0) is 9.53 Å². The average molecular weight is 413 g/mol. The Kier molecular flexibility index (Phi) is 23.5. The Labute approximate surface area is 182 Å². The summed E-state index contributed by atoms with van der Waals surface area (Å²) in [6, 6.07) is 0. The molecular formula is C26H52O3. The van der Waals surface area contributed by atoms with Gasteiger partial charge in [0.1, 0.15) is 5.78 Å². The number of unbranched alkanes of at least 4 members (excludes halogenated alkanes) is 12. The molecular weight excluding hydrogens is 360 g/mol. The number of ether oxygens (including phenoxy) is 1. The second kappa shape index (κ2) is 23.9. The van der Waals surface area contributed by atoms with E-state index in [0.29, 0.717) is 5.78 Å². The zero-order valence-corrected chi connectivity index (χ0v) is 19.9. The largest absolute Gasteiger partial charge is 0.396 e. The molecule has 0 spiro atoms. The summed E-state index contributed by atoms with van der Waals surface area (Å²) in [5, 5.41) is 9.12. The smallest absolute Gasteiger partial charge is 0.132 e. The molecule has 0 aromatic rings. The second-order valence-electron chi connectivity index (χ2n) is 8.78. The molecule has 0 aliphatic carbocycles. The van der Waals surface area contributed by atoms with E-state index in [9.17, 15) is 4.79 Å². The van der Waals surface area contributed by atoms with E-state index in [4.69, 9.17) is 9.84 Å². The van der Waals surface area contributed by atoms with E-state index in [0.717, 1.165) is 64.4 Å². The molecule has 1 atom stereocenters. The molecule has 0 fully saturated rings. The van der Waals surface area contributed by atoms with Gasteiger partial charge in [0.15, 0.2) is 0 Å². The van der Waals surface area contributed by atoms with Crippen molar-refractivity contribution < 1.29 is 14.6 Å². The Morgan fingerprint density at radius 2 is 1.14 bits per heavy atom. The Morgan fingerprint density at radius 3 is 1.72 bits per heavy atom. The molecule has 0 aromatic carbocycles. The monoisotopic (exact) mass is 412 g/mol. The Morgan fingerprint density at radius 1 is 0.655 bits per heavy atom. The lowest BCUT2D eigenvalue weighted by atomic mass is 10.0. The second-order valence-corrected chi connectivity index (χ2v) is 8.78. The zero-order chi connectivity index (χ0) is 21.4. The van der Waals surface area contributed by atoms with Crippen LogP contribution in [0.2, 0.25) is 0 Å². The molecule has 0 aliphatic heterocycles. The summed E-state index contributed by atoms with van der Waals surface area (Å²) in [6.45, 7) is 5.58. The molecule has 0 radical (unpaired) electrons. The van der Waals surface area contributed by atoms with E-state index in [1.54, 1.807) is 0 Å². The summed E-state index contributed by atoms with van der Waals surface area (Å²) in [7, 11) is 0. The van der Waals surface area contributed by atoms with E-state index < -0.39 is 0 Å². The van der Waals surface area contributed by atoms with E-state index in [2.05, 4.69) is 13.8 Å². The molecule has 0 saturated carbocycles. The number of carbonyl (C=O) groups excluding carboxylic acids is 1. The maximum absolute atomic E-state index is 12.0. The lowest BCUT2D eigenvalue weighted by Crippen LogP contribution is -2.15. The van der Waals surface area contributed by atoms with Crippen molar-refractivity contribution in [3.8, 4) is 0 Å². The predicted octanol–water partition coefficient (Wildman–Crippen LogP) is 7.77. The van der Waals surface area contributed by atoms with Crippen LogP contribution in [0.3, 0.4) is 0 Å². The van der Waals surface area contributed by atoms with Gasteiger partial charge in [0, 0.05) is 26.1 Å². The van der Waals surface area contributed by atoms with Crippen LogP contribution in [0.1, 0.15) is 142 Å². The quantitative estimate of drug-likeness (QED) is 0.165. The van der Waals surface area contributed by atoms with E-state index in [1.165, 1.54) is 70.6 Å². The van der Waals surface area contributed by atoms with Gasteiger partial charge in [0.25, 0.3) is 0 Å². The number of Topliss-reactive ketones (excluding diaryl/α,β-unsaturated/α-hetero) is 1. The van der Waals surface area contributed by atoms with Gasteiger partial charge >= 0.3 is 0 Å². The Balaban J connectivity index is 3.68. The summed E-state index contributed by atoms with van der Waals surface area (Å²) in [5.41, 5.74) is 0. The Hall–Kier alpha value is -0.410. The van der Waals surface area contributed by atoms with Crippen molar-refractivity contribution in [2.75, 3.05) is 13.2 Å². The first-order chi connectivity index (χ1) is 14.2. The summed E-state index contributed by atoms with van der Waals surface area (Å²) in [6.07, 6.45) is 23.2. The zero-order valence-electron chi connectivity index (χ0n) is 19.9. The molecule has 3 nitrogen and oxygen atoms in total. The number of hydrogen-bond donors (Lipinski definition) is 1. The highest BCUT2D eigenvalue weighted by Crippen LogP contribution is 2.15. The predicted molar refractivity (Wildman–Crippen MR) is 126 cm³/mol. The summed E-state index contributed by atoms with van der Waals surface area (Å²) in [5.74, 6) is 0.441. The molecule has 0 heterocycles. The molecule has 0 aliphatic rings. The van der Waals surface area contributed by atoms with Crippen LogP contribution in [-0.4, -0.2) is 30.2 Å². The third-order valence-electron chi connectivity index (χ3n) is 5.83. The number of aliphatic hydroxyl groups is 1. The minimum atomic E-state index is 0.244. The lowest BCUT2D eigenvalue weighted by molar-refractivity contribution is -0.119. The highest BCUT2D eigenvalue weighted by atomic mass is 16.5. The van der Waals surface area contributed by atoms with Gasteiger partial charge in [-0.2, -0.15) is 0 Å². The van der Waals surface area contributed by atoms with Crippen molar-refractivity contribution in [2.45, 2.75) is 148 Å². The van der Waals surface area contributed by atoms with Crippen molar-refractivity contribution >= 4 is 5.78 Å². The fourth-order valence-electron chi connectivity index (χ4n) is 3.86. The fraction of sp³-hybridized carbons (Fsp3) is 0.962. The van der Waals surface area contributed by atoms with Crippen LogP contribution >= 0.6 is 0 Å². The number of rotatable bonds is 24. The molecule has 174 valence electrons. The highest BCUT2D eigenvalue weighted by Gasteiger charge is 2.10. The van der Waals surface area contributed by atoms with E-state index >= 15 is 0 Å². The highest BCUT2D eigenvalue weighted by molar-refractivity contribution is 5.78. The van der Waals surface area contributed by atoms with Gasteiger partial charge in [-0.1, -0.05) is 90.9 Å². The van der Waals surface area contributed by atoms with Gasteiger partial charge in [-0.05, 0) is 38.5 Å². The van der Waals surface area contributed by atoms with Gasteiger partial charge in [-0.3, -0.25) is 4.79 Å². The SMILES string of the molecule is CCCCCCCCCOC(CCCO)CCCCC(=O)CCCCCCCC. The summed E-state index contributed by atoms with van der Waals surface area (Å²) in [4.78, 5) is 12.0. The summed E-state index contributed by atoms with van der Waals surface area (Å²) < 4.78 is 6.09. The van der Waals surface area contributed by atoms with Gasteiger partial charge in [0.2, 0.25) is 0 Å². The molecule has 0 saturated heterocycles. The van der Waals surface area contributed by atoms with E-state index in [1.807, 2.05) is 0 Å². The van der Waals surface area contributed by atoms with Gasteiger partial charge < -0.3 is 9.84 Å². The molecule has 0 rings (SSSR count). The number of ketones is 1. The maximum atomic E-state index is 12.0. The third kappa shape index (κ3) is 22.1. The van der Waals surface area contributed by atoms with Crippen molar-refractivity contribution in [2.24, 2.45) is 0 Å². The first-order valence-electron chi connectivity index (χ1n) is 13.0. The van der Waals surface area contributed by atoms with Crippen LogP contribution in [0.4, 0.5) is 0 Å². The fourth-order valence-corrected chi connectivity index (χ4v) is 3.86. The maximum Gasteiger partial charge on any atom is 0.132 e. The number of carbonyl (C=O) groups is 1. The first kappa shape index (κ1) is 28.6. The number of hydrogen-bond acceptors (Lipinski definition) is 3. The third-order valence-corrected chi connectivity index (χ3v) is 5.83. The van der Waals surface area contributed by atoms with Gasteiger partial charge in [-0.15, -0.1) is 0 Å². The first-order valence-corrected chi connectivity index (χ1v) is 13.0. The van der Waals surface area contributed by atoms with Crippen LogP contribution in [0, 0.1) is 0 Å². The molecule has 0 aromatic heterocycles. The van der Waals surface area contributed by atoms with Crippen molar-refractivity contribution in [1.29, 1.82) is 0 Å². The summed E-state index contributed by atoms with van der Waals surface area (Å²) >= 11 is 0. The molecule has 29 heavy (non-hydrogen) atoms. The molecule has 0 amide bonds. The van der Waals surface area contributed by atoms with Crippen molar-refractivity contribution in [3.63, 3.8) is 0 Å². The topological polar surface area (TPSA) is 46.5 Å². The van der Waals surface area contributed by atoms with Crippen LogP contribution < -0.4 is 0 Å². The van der Waals surface area contributed by atoms with Crippen molar-refractivity contribution in [3.05, 3.63) is 0 Å². The van der Waals surface area contributed by atoms with Gasteiger partial charge in [-0.25, -0.2) is 0 Å². The van der Waals surface area contributed by atoms with Crippen molar-refractivity contribution in [1.82, 2.24) is 0 Å². The molecule has 0 bridgehead atoms. The minimum absolute atomic E-state index is 0.244.